The maximum absolute atomic E-state index is 9.86. The molecule has 6 heteroatoms. The van der Waals surface area contributed by atoms with Crippen LogP contribution in [-0.2, 0) is 4.74 Å². The average Bonchev–Trinajstić information content (AvgIpc) is 2.50. The topological polar surface area (TPSA) is 99.4 Å². The Labute approximate surface area is 122 Å². The molecular weight excluding hydrogens is 276 g/mol. The Kier molecular flexibility index (Phi) is 5.14. The van der Waals surface area contributed by atoms with Crippen LogP contribution in [0.15, 0.2) is 36.6 Å². The Hall–Kier alpha value is -1.66. The Balaban J connectivity index is 2.08. The molecule has 6 nitrogen and oxygen atoms in total. The molecule has 114 valence electrons. The molecule has 2 rings (SSSR count). The van der Waals surface area contributed by atoms with Gasteiger partial charge in [-0.2, -0.15) is 0 Å². The van der Waals surface area contributed by atoms with Gasteiger partial charge in [0.15, 0.2) is 0 Å². The number of benzene rings is 1. The Morgan fingerprint density at radius 2 is 1.81 bits per heavy atom. The summed E-state index contributed by atoms with van der Waals surface area (Å²) in [4.78, 5) is 0. The summed E-state index contributed by atoms with van der Waals surface area (Å²) < 4.78 is 10.7. The van der Waals surface area contributed by atoms with Gasteiger partial charge in [0.2, 0.25) is 6.29 Å². The molecule has 1 aliphatic heterocycles. The van der Waals surface area contributed by atoms with Crippen LogP contribution in [0, 0.1) is 0 Å². The van der Waals surface area contributed by atoms with Crippen molar-refractivity contribution >= 4 is 6.08 Å². The second-order valence-corrected chi connectivity index (χ2v) is 4.73. The average molecular weight is 294 g/mol. The van der Waals surface area contributed by atoms with Gasteiger partial charge in [-0.3, -0.25) is 0 Å². The molecule has 1 fully saturated rings. The predicted octanol–water partition coefficient (Wildman–Crippen LogP) is -0.337. The van der Waals surface area contributed by atoms with Crippen LogP contribution in [0.2, 0.25) is 0 Å². The maximum atomic E-state index is 9.86. The van der Waals surface area contributed by atoms with Crippen molar-refractivity contribution in [2.24, 2.45) is 0 Å². The van der Waals surface area contributed by atoms with Crippen molar-refractivity contribution in [1.82, 2.24) is 0 Å². The zero-order valence-corrected chi connectivity index (χ0v) is 11.3. The van der Waals surface area contributed by atoms with Gasteiger partial charge in [-0.05, 0) is 23.8 Å². The minimum atomic E-state index is -1.45. The summed E-state index contributed by atoms with van der Waals surface area (Å²) in [5.74, 6) is 0.417. The first-order chi connectivity index (χ1) is 10.1. The molecule has 0 aromatic heterocycles. The monoisotopic (exact) mass is 294 g/mol. The van der Waals surface area contributed by atoms with E-state index in [-0.39, 0.29) is 0 Å². The molecule has 0 radical (unpaired) electrons. The van der Waals surface area contributed by atoms with Gasteiger partial charge >= 0.3 is 0 Å². The van der Waals surface area contributed by atoms with E-state index < -0.39 is 37.3 Å². The highest BCUT2D eigenvalue weighted by atomic mass is 16.7. The van der Waals surface area contributed by atoms with Gasteiger partial charge in [-0.25, -0.2) is 0 Å². The van der Waals surface area contributed by atoms with Gasteiger partial charge < -0.3 is 29.9 Å². The van der Waals surface area contributed by atoms with Crippen LogP contribution < -0.4 is 4.74 Å². The summed E-state index contributed by atoms with van der Waals surface area (Å²) in [6.07, 6.45) is -4.75. The third kappa shape index (κ3) is 3.51. The lowest BCUT2D eigenvalue weighted by molar-refractivity contribution is -0.277. The van der Waals surface area contributed by atoms with Crippen LogP contribution in [0.3, 0.4) is 0 Å². The van der Waals surface area contributed by atoms with Crippen molar-refractivity contribution in [1.29, 1.82) is 0 Å². The number of ether oxygens (including phenoxy) is 2. The highest BCUT2D eigenvalue weighted by Gasteiger charge is 2.44. The second-order valence-electron chi connectivity index (χ2n) is 4.73. The lowest BCUT2D eigenvalue weighted by Crippen LogP contribution is -2.60. The van der Waals surface area contributed by atoms with Crippen molar-refractivity contribution < 1.29 is 29.9 Å². The van der Waals surface area contributed by atoms with Crippen LogP contribution in [0.5, 0.6) is 5.75 Å². The standard InChI is InChI=1S/C15H18O6/c1-2-3-9-4-6-10(7-5-9)20-15-14(19)13(18)12(17)11(8-16)21-15/h3-7,11-19H,1,8H2/t11-,12-,13+,14-,15+/m1/s1. The molecule has 1 aromatic carbocycles. The molecule has 0 spiro atoms. The molecule has 1 aromatic rings. The summed E-state index contributed by atoms with van der Waals surface area (Å²) in [5, 5.41) is 38.3. The minimum absolute atomic E-state index is 0.417. The maximum Gasteiger partial charge on any atom is 0.229 e. The first kappa shape index (κ1) is 15.7. The largest absolute Gasteiger partial charge is 0.462 e. The molecular formula is C15H18O6. The number of aliphatic hydroxyl groups excluding tert-OH is 4. The smallest absolute Gasteiger partial charge is 0.229 e. The van der Waals surface area contributed by atoms with Gasteiger partial charge in [-0.1, -0.05) is 18.7 Å². The summed E-state index contributed by atoms with van der Waals surface area (Å²) in [5.41, 5.74) is 3.53. The minimum Gasteiger partial charge on any atom is -0.462 e. The van der Waals surface area contributed by atoms with E-state index in [9.17, 15) is 15.3 Å². The molecule has 21 heavy (non-hydrogen) atoms. The molecule has 4 N–H and O–H groups in total. The van der Waals surface area contributed by atoms with E-state index in [1.54, 1.807) is 30.3 Å². The molecule has 1 heterocycles. The number of aliphatic hydroxyl groups is 4. The van der Waals surface area contributed by atoms with Crippen LogP contribution in [0.4, 0.5) is 0 Å². The van der Waals surface area contributed by atoms with E-state index in [4.69, 9.17) is 14.6 Å². The van der Waals surface area contributed by atoms with Crippen molar-refractivity contribution in [2.75, 3.05) is 6.61 Å². The van der Waals surface area contributed by atoms with E-state index in [2.05, 4.69) is 12.3 Å². The van der Waals surface area contributed by atoms with Gasteiger partial charge in [-0.15, -0.1) is 5.73 Å². The lowest BCUT2D eigenvalue weighted by Gasteiger charge is -2.39. The van der Waals surface area contributed by atoms with Crippen molar-refractivity contribution in [3.63, 3.8) is 0 Å². The SMILES string of the molecule is C=C=Cc1ccc(O[C@H]2O[C@H](CO)[C@@H](O)[C@H](O)[C@H]2O)cc1. The van der Waals surface area contributed by atoms with E-state index in [1.807, 2.05) is 0 Å². The molecule has 1 saturated heterocycles. The van der Waals surface area contributed by atoms with Crippen molar-refractivity contribution in [3.05, 3.63) is 42.1 Å². The van der Waals surface area contributed by atoms with Crippen molar-refractivity contribution in [2.45, 2.75) is 30.7 Å². The molecule has 1 aliphatic rings. The van der Waals surface area contributed by atoms with Crippen LogP contribution >= 0.6 is 0 Å². The van der Waals surface area contributed by atoms with Crippen LogP contribution in [0.1, 0.15) is 5.56 Å². The number of hydrogen-bond acceptors (Lipinski definition) is 6. The van der Waals surface area contributed by atoms with E-state index in [0.717, 1.165) is 5.56 Å². The van der Waals surface area contributed by atoms with Gasteiger partial charge in [0, 0.05) is 0 Å². The molecule has 0 amide bonds. The number of hydrogen-bond donors (Lipinski definition) is 4. The van der Waals surface area contributed by atoms with Crippen LogP contribution in [-0.4, -0.2) is 57.7 Å². The third-order valence-electron chi connectivity index (χ3n) is 3.25. The Morgan fingerprint density at radius 1 is 1.14 bits per heavy atom. The summed E-state index contributed by atoms with van der Waals surface area (Å²) in [6.45, 7) is 2.98. The van der Waals surface area contributed by atoms with E-state index >= 15 is 0 Å². The van der Waals surface area contributed by atoms with Gasteiger partial charge in [0.05, 0.1) is 6.61 Å². The Bertz CT molecular complexity index is 505. The van der Waals surface area contributed by atoms with E-state index in [0.29, 0.717) is 5.75 Å². The molecule has 0 aliphatic carbocycles. The van der Waals surface area contributed by atoms with Crippen LogP contribution in [0.25, 0.3) is 6.08 Å². The fourth-order valence-corrected chi connectivity index (χ4v) is 2.06. The second kappa shape index (κ2) is 6.87. The summed E-state index contributed by atoms with van der Waals surface area (Å²) in [6, 6.07) is 6.84. The third-order valence-corrected chi connectivity index (χ3v) is 3.25. The first-order valence-corrected chi connectivity index (χ1v) is 6.50. The molecule has 0 saturated carbocycles. The highest BCUT2D eigenvalue weighted by molar-refractivity contribution is 5.49. The quantitative estimate of drug-likeness (QED) is 0.567. The normalized spacial score (nSPS) is 32.3. The first-order valence-electron chi connectivity index (χ1n) is 6.50. The van der Waals surface area contributed by atoms with Gasteiger partial charge in [0.25, 0.3) is 0 Å². The predicted molar refractivity (Wildman–Crippen MR) is 74.4 cm³/mol. The highest BCUT2D eigenvalue weighted by Crippen LogP contribution is 2.24. The summed E-state index contributed by atoms with van der Waals surface area (Å²) in [7, 11) is 0. The molecule has 5 atom stereocenters. The zero-order valence-electron chi connectivity index (χ0n) is 11.3. The molecule has 0 bridgehead atoms. The number of rotatable bonds is 4. The van der Waals surface area contributed by atoms with E-state index in [1.165, 1.54) is 0 Å². The van der Waals surface area contributed by atoms with Crippen molar-refractivity contribution in [3.8, 4) is 5.75 Å². The molecule has 0 unspecified atom stereocenters. The zero-order chi connectivity index (χ0) is 15.4. The summed E-state index contributed by atoms with van der Waals surface area (Å²) >= 11 is 0. The fourth-order valence-electron chi connectivity index (χ4n) is 2.06. The van der Waals surface area contributed by atoms with Gasteiger partial charge in [0.1, 0.15) is 30.2 Å². The Morgan fingerprint density at radius 3 is 2.38 bits per heavy atom. The fraction of sp³-hybridized carbons (Fsp3) is 0.400. The lowest BCUT2D eigenvalue weighted by atomic mass is 9.99.